The molecule has 0 aromatic carbocycles. The number of aromatic nitrogens is 2. The molecular formula is C12H20N4. The van der Waals surface area contributed by atoms with Crippen LogP contribution in [-0.2, 0) is 6.42 Å². The molecule has 88 valence electrons. The average molecular weight is 220 g/mol. The number of anilines is 1. The smallest absolute Gasteiger partial charge is 0.129 e. The van der Waals surface area contributed by atoms with Crippen molar-refractivity contribution < 1.29 is 0 Å². The molecule has 1 aromatic heterocycles. The van der Waals surface area contributed by atoms with E-state index in [9.17, 15) is 0 Å². The zero-order chi connectivity index (χ0) is 11.6. The molecule has 1 aliphatic heterocycles. The maximum Gasteiger partial charge on any atom is 0.129 e. The van der Waals surface area contributed by atoms with E-state index in [4.69, 9.17) is 0 Å². The van der Waals surface area contributed by atoms with E-state index in [2.05, 4.69) is 47.4 Å². The third-order valence-corrected chi connectivity index (χ3v) is 2.57. The molecule has 1 saturated heterocycles. The van der Waals surface area contributed by atoms with Crippen LogP contribution in [0.2, 0.25) is 0 Å². The lowest BCUT2D eigenvalue weighted by molar-refractivity contribution is 0.406. The van der Waals surface area contributed by atoms with Crippen LogP contribution in [0.5, 0.6) is 0 Å². The maximum absolute atomic E-state index is 4.31. The number of rotatable bonds is 3. The lowest BCUT2D eigenvalue weighted by Gasteiger charge is -2.28. The van der Waals surface area contributed by atoms with Gasteiger partial charge in [0.1, 0.15) is 12.1 Å². The Morgan fingerprint density at radius 1 is 1.38 bits per heavy atom. The summed E-state index contributed by atoms with van der Waals surface area (Å²) in [6.07, 6.45) is 2.63. The Morgan fingerprint density at radius 2 is 2.12 bits per heavy atom. The average Bonchev–Trinajstić information content (AvgIpc) is 2.09. The summed E-state index contributed by atoms with van der Waals surface area (Å²) < 4.78 is 0. The summed E-state index contributed by atoms with van der Waals surface area (Å²) in [6, 6.07) is 2.58. The monoisotopic (exact) mass is 220 g/mol. The third-order valence-electron chi connectivity index (χ3n) is 2.57. The standard InChI is InChI=1S/C12H20N4/c1-12(2,3)5-9-4-11(15-8-14-9)16-10-6-13-7-10/h4,8,10,13H,5-7H2,1-3H3,(H,14,15,16). The van der Waals surface area contributed by atoms with Crippen molar-refractivity contribution in [3.8, 4) is 0 Å². The predicted octanol–water partition coefficient (Wildman–Crippen LogP) is 1.45. The summed E-state index contributed by atoms with van der Waals surface area (Å²) in [5.74, 6) is 0.945. The summed E-state index contributed by atoms with van der Waals surface area (Å²) in [5, 5.41) is 6.62. The molecule has 16 heavy (non-hydrogen) atoms. The van der Waals surface area contributed by atoms with E-state index in [0.29, 0.717) is 6.04 Å². The van der Waals surface area contributed by atoms with Gasteiger partial charge in [0.25, 0.3) is 0 Å². The minimum Gasteiger partial charge on any atom is -0.365 e. The van der Waals surface area contributed by atoms with Gasteiger partial charge in [0.2, 0.25) is 0 Å². The molecule has 0 radical (unpaired) electrons. The van der Waals surface area contributed by atoms with Crippen molar-refractivity contribution in [1.29, 1.82) is 0 Å². The van der Waals surface area contributed by atoms with E-state index in [-0.39, 0.29) is 5.41 Å². The first-order valence-corrected chi connectivity index (χ1v) is 5.81. The topological polar surface area (TPSA) is 49.8 Å². The van der Waals surface area contributed by atoms with Gasteiger partial charge in [-0.1, -0.05) is 20.8 Å². The molecule has 0 spiro atoms. The van der Waals surface area contributed by atoms with Crippen molar-refractivity contribution in [3.05, 3.63) is 18.1 Å². The van der Waals surface area contributed by atoms with Crippen molar-refractivity contribution in [3.63, 3.8) is 0 Å². The van der Waals surface area contributed by atoms with Gasteiger partial charge < -0.3 is 10.6 Å². The number of nitrogens with one attached hydrogen (secondary N) is 2. The minimum absolute atomic E-state index is 0.268. The first-order chi connectivity index (χ1) is 7.53. The van der Waals surface area contributed by atoms with Gasteiger partial charge in [-0.15, -0.1) is 0 Å². The molecule has 4 nitrogen and oxygen atoms in total. The maximum atomic E-state index is 4.31. The molecule has 0 saturated carbocycles. The fourth-order valence-corrected chi connectivity index (χ4v) is 1.72. The highest BCUT2D eigenvalue weighted by atomic mass is 15.1. The highest BCUT2D eigenvalue weighted by molar-refractivity contribution is 5.37. The Balaban J connectivity index is 2.00. The number of hydrogen-bond donors (Lipinski definition) is 2. The van der Waals surface area contributed by atoms with E-state index in [1.54, 1.807) is 6.33 Å². The molecule has 2 rings (SSSR count). The molecule has 0 unspecified atom stereocenters. The van der Waals surface area contributed by atoms with Crippen LogP contribution in [0.1, 0.15) is 26.5 Å². The molecule has 1 aliphatic rings. The predicted molar refractivity (Wildman–Crippen MR) is 65.5 cm³/mol. The van der Waals surface area contributed by atoms with Crippen LogP contribution >= 0.6 is 0 Å². The highest BCUT2D eigenvalue weighted by Gasteiger charge is 2.17. The van der Waals surface area contributed by atoms with Crippen LogP contribution in [0.25, 0.3) is 0 Å². The Hall–Kier alpha value is -1.16. The van der Waals surface area contributed by atoms with Crippen LogP contribution < -0.4 is 10.6 Å². The van der Waals surface area contributed by atoms with Gasteiger partial charge in [-0.25, -0.2) is 9.97 Å². The van der Waals surface area contributed by atoms with Crippen molar-refractivity contribution in [2.75, 3.05) is 18.4 Å². The largest absolute Gasteiger partial charge is 0.365 e. The first-order valence-electron chi connectivity index (χ1n) is 5.81. The SMILES string of the molecule is CC(C)(C)Cc1cc(NC2CNC2)ncn1. The zero-order valence-corrected chi connectivity index (χ0v) is 10.2. The van der Waals surface area contributed by atoms with Gasteiger partial charge in [-0.05, 0) is 11.8 Å². The van der Waals surface area contributed by atoms with E-state index in [1.807, 2.05) is 0 Å². The van der Waals surface area contributed by atoms with Gasteiger partial charge in [0, 0.05) is 24.8 Å². The molecule has 4 heteroatoms. The van der Waals surface area contributed by atoms with Crippen LogP contribution in [0.3, 0.4) is 0 Å². The van der Waals surface area contributed by atoms with E-state index in [0.717, 1.165) is 31.0 Å². The second-order valence-electron chi connectivity index (χ2n) is 5.63. The summed E-state index contributed by atoms with van der Waals surface area (Å²) in [6.45, 7) is 8.71. The zero-order valence-electron chi connectivity index (χ0n) is 10.2. The quantitative estimate of drug-likeness (QED) is 0.809. The second kappa shape index (κ2) is 4.37. The van der Waals surface area contributed by atoms with E-state index in [1.165, 1.54) is 0 Å². The van der Waals surface area contributed by atoms with Crippen LogP contribution in [0.15, 0.2) is 12.4 Å². The molecule has 1 fully saturated rings. The molecule has 0 atom stereocenters. The number of hydrogen-bond acceptors (Lipinski definition) is 4. The minimum atomic E-state index is 0.268. The first kappa shape index (κ1) is 11.3. The molecule has 0 bridgehead atoms. The molecule has 1 aromatic rings. The van der Waals surface area contributed by atoms with Crippen molar-refractivity contribution in [2.45, 2.75) is 33.2 Å². The van der Waals surface area contributed by atoms with Gasteiger partial charge in [0.05, 0.1) is 6.04 Å². The van der Waals surface area contributed by atoms with Crippen LogP contribution in [0, 0.1) is 5.41 Å². The summed E-state index contributed by atoms with van der Waals surface area (Å²) in [4.78, 5) is 8.55. The Kier molecular flexibility index (Phi) is 3.10. The molecule has 0 aliphatic carbocycles. The fourth-order valence-electron chi connectivity index (χ4n) is 1.72. The summed E-state index contributed by atoms with van der Waals surface area (Å²) in [7, 11) is 0. The molecular weight excluding hydrogens is 200 g/mol. The van der Waals surface area contributed by atoms with Gasteiger partial charge in [0.15, 0.2) is 0 Å². The van der Waals surface area contributed by atoms with Crippen molar-refractivity contribution in [2.24, 2.45) is 5.41 Å². The lowest BCUT2D eigenvalue weighted by atomic mass is 9.90. The second-order valence-corrected chi connectivity index (χ2v) is 5.63. The van der Waals surface area contributed by atoms with Crippen molar-refractivity contribution >= 4 is 5.82 Å². The van der Waals surface area contributed by atoms with Gasteiger partial charge in [-0.3, -0.25) is 0 Å². The van der Waals surface area contributed by atoms with Crippen molar-refractivity contribution in [1.82, 2.24) is 15.3 Å². The molecule has 0 amide bonds. The summed E-state index contributed by atoms with van der Waals surface area (Å²) in [5.41, 5.74) is 1.38. The Morgan fingerprint density at radius 3 is 2.69 bits per heavy atom. The molecule has 2 heterocycles. The van der Waals surface area contributed by atoms with Gasteiger partial charge in [-0.2, -0.15) is 0 Å². The lowest BCUT2D eigenvalue weighted by Crippen LogP contribution is -2.51. The molecule has 2 N–H and O–H groups in total. The van der Waals surface area contributed by atoms with Crippen LogP contribution in [-0.4, -0.2) is 29.1 Å². The highest BCUT2D eigenvalue weighted by Crippen LogP contribution is 2.20. The number of nitrogens with zero attached hydrogens (tertiary/aromatic N) is 2. The third kappa shape index (κ3) is 3.17. The van der Waals surface area contributed by atoms with E-state index >= 15 is 0 Å². The Labute approximate surface area is 96.9 Å². The normalized spacial score (nSPS) is 16.9. The fraction of sp³-hybridized carbons (Fsp3) is 0.667. The van der Waals surface area contributed by atoms with Gasteiger partial charge >= 0.3 is 0 Å². The Bertz CT molecular complexity index is 352. The summed E-state index contributed by atoms with van der Waals surface area (Å²) >= 11 is 0. The van der Waals surface area contributed by atoms with Crippen LogP contribution in [0.4, 0.5) is 5.82 Å². The van der Waals surface area contributed by atoms with E-state index < -0.39 is 0 Å².